The quantitative estimate of drug-likeness (QED) is 0.379. The van der Waals surface area contributed by atoms with Crippen LogP contribution in [0.4, 0.5) is 5.69 Å². The minimum Gasteiger partial charge on any atom is -0.496 e. The first-order valence-electron chi connectivity index (χ1n) is 5.73. The fraction of sp³-hybridized carbons (Fsp3) is 0.0833. The highest BCUT2D eigenvalue weighted by molar-refractivity contribution is 7.80. The van der Waals surface area contributed by atoms with Crippen molar-refractivity contribution in [3.05, 3.63) is 40.1 Å². The van der Waals surface area contributed by atoms with E-state index in [4.69, 9.17) is 10.5 Å². The molecule has 0 saturated carbocycles. The summed E-state index contributed by atoms with van der Waals surface area (Å²) in [5.41, 5.74) is 8.15. The summed E-state index contributed by atoms with van der Waals surface area (Å²) in [4.78, 5) is 14.8. The second-order valence-electron chi connectivity index (χ2n) is 3.95. The number of fused-ring (bicyclic) bond motifs is 1. The highest BCUT2D eigenvalue weighted by atomic mass is 32.1. The van der Waals surface area contributed by atoms with E-state index in [2.05, 4.69) is 27.7 Å². The second kappa shape index (κ2) is 6.09. The van der Waals surface area contributed by atoms with Crippen LogP contribution in [0.3, 0.4) is 0 Å². The van der Waals surface area contributed by atoms with Crippen molar-refractivity contribution in [1.29, 1.82) is 0 Å². The van der Waals surface area contributed by atoms with Crippen molar-refractivity contribution < 1.29 is 9.66 Å². The van der Waals surface area contributed by atoms with Crippen molar-refractivity contribution in [2.45, 2.75) is 0 Å². The summed E-state index contributed by atoms with van der Waals surface area (Å²) in [5.74, 6) is 0.396. The van der Waals surface area contributed by atoms with Crippen molar-refractivity contribution in [2.75, 3.05) is 7.11 Å². The van der Waals surface area contributed by atoms with Crippen LogP contribution in [0.25, 0.3) is 10.9 Å². The van der Waals surface area contributed by atoms with Crippen LogP contribution in [-0.4, -0.2) is 28.3 Å². The largest absolute Gasteiger partial charge is 0.496 e. The Morgan fingerprint density at radius 3 is 2.95 bits per heavy atom. The second-order valence-corrected chi connectivity index (χ2v) is 4.39. The van der Waals surface area contributed by atoms with Crippen molar-refractivity contribution in [3.63, 3.8) is 0 Å². The number of nitro groups is 1. The Morgan fingerprint density at radius 1 is 1.57 bits per heavy atom. The maximum absolute atomic E-state index is 11.1. The number of nitrogens with two attached hydrogens (primary N) is 1. The Labute approximate surface area is 124 Å². The van der Waals surface area contributed by atoms with Crippen LogP contribution in [0, 0.1) is 10.1 Å². The molecule has 1 aromatic heterocycles. The number of aromatic nitrogens is 1. The molecule has 0 aliphatic heterocycles. The molecule has 2 aromatic rings. The van der Waals surface area contributed by atoms with Crippen LogP contribution in [0.15, 0.2) is 29.4 Å². The Kier molecular flexibility index (Phi) is 4.24. The van der Waals surface area contributed by atoms with Crippen LogP contribution in [0.2, 0.25) is 0 Å². The lowest BCUT2D eigenvalue weighted by Gasteiger charge is -2.04. The number of rotatable bonds is 4. The van der Waals surface area contributed by atoms with E-state index < -0.39 is 4.92 Å². The molecular formula is C12H11N5O3S. The van der Waals surface area contributed by atoms with Gasteiger partial charge in [-0.3, -0.25) is 15.5 Å². The van der Waals surface area contributed by atoms with E-state index in [1.165, 1.54) is 19.4 Å². The molecule has 0 fully saturated rings. The Bertz CT molecular complexity index is 747. The van der Waals surface area contributed by atoms with Gasteiger partial charge in [-0.15, -0.1) is 0 Å². The minimum absolute atomic E-state index is 0.0164. The van der Waals surface area contributed by atoms with Gasteiger partial charge in [0.1, 0.15) is 11.3 Å². The van der Waals surface area contributed by atoms with E-state index >= 15 is 0 Å². The van der Waals surface area contributed by atoms with Crippen molar-refractivity contribution in [1.82, 2.24) is 10.4 Å². The molecule has 0 unspecified atom stereocenters. The number of hydrazone groups is 1. The van der Waals surface area contributed by atoms with Crippen molar-refractivity contribution in [3.8, 4) is 5.75 Å². The van der Waals surface area contributed by atoms with E-state index in [1.807, 2.05) is 0 Å². The average molecular weight is 305 g/mol. The molecule has 21 heavy (non-hydrogen) atoms. The smallest absolute Gasteiger partial charge is 0.299 e. The first kappa shape index (κ1) is 14.6. The molecule has 1 aromatic carbocycles. The summed E-state index contributed by atoms with van der Waals surface area (Å²) in [6, 6.07) is 6.35. The molecule has 0 atom stereocenters. The van der Waals surface area contributed by atoms with Crippen LogP contribution < -0.4 is 15.9 Å². The minimum atomic E-state index is -0.508. The van der Waals surface area contributed by atoms with E-state index in [0.29, 0.717) is 16.8 Å². The fourth-order valence-electron chi connectivity index (χ4n) is 1.70. The number of ether oxygens (including phenoxy) is 1. The molecular weight excluding hydrogens is 294 g/mol. The van der Waals surface area contributed by atoms with Gasteiger partial charge in [0.05, 0.1) is 30.0 Å². The first-order valence-corrected chi connectivity index (χ1v) is 6.14. The van der Waals surface area contributed by atoms with Gasteiger partial charge in [-0.2, -0.15) is 5.10 Å². The summed E-state index contributed by atoms with van der Waals surface area (Å²) in [5, 5.41) is 15.5. The predicted molar refractivity (Wildman–Crippen MR) is 82.5 cm³/mol. The molecule has 0 aliphatic rings. The summed E-state index contributed by atoms with van der Waals surface area (Å²) < 4.78 is 5.04. The predicted octanol–water partition coefficient (Wildman–Crippen LogP) is 1.32. The number of nitrogens with one attached hydrogen (secondary N) is 1. The molecule has 8 nitrogen and oxygen atoms in total. The third kappa shape index (κ3) is 3.39. The molecule has 0 spiro atoms. The fourth-order valence-corrected chi connectivity index (χ4v) is 1.75. The molecule has 0 radical (unpaired) electrons. The monoisotopic (exact) mass is 305 g/mol. The van der Waals surface area contributed by atoms with Gasteiger partial charge in [0, 0.05) is 5.39 Å². The number of nitro benzene ring substituents is 1. The van der Waals surface area contributed by atoms with Gasteiger partial charge < -0.3 is 10.5 Å². The molecule has 9 heteroatoms. The number of pyridine rings is 1. The Balaban J connectivity index is 2.50. The molecule has 1 heterocycles. The maximum Gasteiger partial charge on any atom is 0.299 e. The molecule has 108 valence electrons. The molecule has 0 saturated heterocycles. The van der Waals surface area contributed by atoms with Crippen LogP contribution in [0.1, 0.15) is 5.69 Å². The number of benzene rings is 1. The van der Waals surface area contributed by atoms with Gasteiger partial charge in [0.15, 0.2) is 5.11 Å². The van der Waals surface area contributed by atoms with E-state index in [9.17, 15) is 10.1 Å². The molecule has 3 N–H and O–H groups in total. The zero-order valence-corrected chi connectivity index (χ0v) is 11.8. The van der Waals surface area contributed by atoms with Gasteiger partial charge >= 0.3 is 0 Å². The number of methoxy groups -OCH3 is 1. The number of hydrogen-bond acceptors (Lipinski definition) is 6. The number of nitrogens with zero attached hydrogens (tertiary/aromatic N) is 3. The lowest BCUT2D eigenvalue weighted by atomic mass is 10.1. The van der Waals surface area contributed by atoms with Crippen LogP contribution >= 0.6 is 12.2 Å². The standard InChI is InChI=1S/C12H11N5O3S/c1-20-9-4-7-2-3-8(6-14-16-12(13)21)15-11(7)10(5-9)17(18)19/h2-6H,1H3,(H3,13,16,21). The first-order chi connectivity index (χ1) is 10.0. The van der Waals surface area contributed by atoms with Gasteiger partial charge in [0.25, 0.3) is 5.69 Å². The molecule has 2 rings (SSSR count). The molecule has 0 aliphatic carbocycles. The third-order valence-electron chi connectivity index (χ3n) is 2.57. The van der Waals surface area contributed by atoms with Crippen LogP contribution in [0.5, 0.6) is 5.75 Å². The van der Waals surface area contributed by atoms with E-state index in [-0.39, 0.29) is 16.3 Å². The Morgan fingerprint density at radius 2 is 2.33 bits per heavy atom. The Hall–Kier alpha value is -2.81. The lowest BCUT2D eigenvalue weighted by molar-refractivity contribution is -0.383. The number of non-ortho nitro benzene ring substituents is 1. The highest BCUT2D eigenvalue weighted by Gasteiger charge is 2.16. The van der Waals surface area contributed by atoms with E-state index in [0.717, 1.165) is 0 Å². The average Bonchev–Trinajstić information content (AvgIpc) is 2.45. The number of thiocarbonyl (C=S) groups is 1. The summed E-state index contributed by atoms with van der Waals surface area (Å²) >= 11 is 4.60. The topological polar surface area (TPSA) is 116 Å². The molecule has 0 amide bonds. The highest BCUT2D eigenvalue weighted by Crippen LogP contribution is 2.29. The summed E-state index contributed by atoms with van der Waals surface area (Å²) in [6.45, 7) is 0. The van der Waals surface area contributed by atoms with Crippen LogP contribution in [-0.2, 0) is 0 Å². The zero-order valence-electron chi connectivity index (χ0n) is 10.9. The van der Waals surface area contributed by atoms with Gasteiger partial charge in [-0.25, -0.2) is 4.98 Å². The van der Waals surface area contributed by atoms with E-state index in [1.54, 1.807) is 18.2 Å². The van der Waals surface area contributed by atoms with Gasteiger partial charge in [-0.05, 0) is 24.4 Å². The SMILES string of the molecule is COc1cc([N+](=O)[O-])c2nc(C=NNC(N)=S)ccc2c1. The van der Waals surface area contributed by atoms with Crippen molar-refractivity contribution >= 4 is 40.1 Å². The summed E-state index contributed by atoms with van der Waals surface area (Å²) in [6.07, 6.45) is 1.37. The van der Waals surface area contributed by atoms with Gasteiger partial charge in [-0.1, -0.05) is 6.07 Å². The third-order valence-corrected chi connectivity index (χ3v) is 2.66. The molecule has 0 bridgehead atoms. The maximum atomic E-state index is 11.1. The normalized spacial score (nSPS) is 10.7. The number of hydrogen-bond donors (Lipinski definition) is 2. The van der Waals surface area contributed by atoms with Gasteiger partial charge in [0.2, 0.25) is 0 Å². The summed E-state index contributed by atoms with van der Waals surface area (Å²) in [7, 11) is 1.45. The zero-order chi connectivity index (χ0) is 15.4. The lowest BCUT2D eigenvalue weighted by Crippen LogP contribution is -2.24. The van der Waals surface area contributed by atoms with Crippen molar-refractivity contribution in [2.24, 2.45) is 10.8 Å².